The van der Waals surface area contributed by atoms with Gasteiger partial charge in [-0.1, -0.05) is 136 Å². The van der Waals surface area contributed by atoms with Crippen molar-refractivity contribution >= 4 is 0 Å². The van der Waals surface area contributed by atoms with Crippen LogP contribution in [0.2, 0.25) is 0 Å². The molecule has 0 amide bonds. The monoisotopic (exact) mass is 486 g/mol. The molecule has 1 aliphatic rings. The summed E-state index contributed by atoms with van der Waals surface area (Å²) in [5, 5.41) is 0. The quantitative estimate of drug-likeness (QED) is 0.348. The van der Waals surface area contributed by atoms with E-state index in [1.54, 1.807) is 0 Å². The van der Waals surface area contributed by atoms with Crippen LogP contribution < -0.4 is 0 Å². The molecule has 0 fully saturated rings. The summed E-state index contributed by atoms with van der Waals surface area (Å²) in [6.07, 6.45) is 14.8. The maximum Gasteiger partial charge on any atom is 0.0463 e. The van der Waals surface area contributed by atoms with Gasteiger partial charge in [-0.15, -0.1) is 0 Å². The Morgan fingerprint density at radius 1 is 0.943 bits per heavy atom. The zero-order valence-electron chi connectivity index (χ0n) is 25.8. The molecule has 0 aliphatic heterocycles. The predicted molar refractivity (Wildman–Crippen MR) is 166 cm³/mol. The van der Waals surface area contributed by atoms with Crippen molar-refractivity contribution in [3.63, 3.8) is 0 Å². The summed E-state index contributed by atoms with van der Waals surface area (Å²) < 4.78 is 4.98. The molecule has 0 aromatic heterocycles. The number of ether oxygens (including phenoxy) is 1. The van der Waals surface area contributed by atoms with Crippen LogP contribution >= 0.6 is 0 Å². The minimum Gasteiger partial charge on any atom is -0.382 e. The topological polar surface area (TPSA) is 9.23 Å². The molecular formula is C34H62O. The SMILES string of the molecule is C=C(C)C1=C/C(=C/C=C\CC)CCC1.CC.CC.CC.CC(C)c1ccccc1.CCCOCC. The summed E-state index contributed by atoms with van der Waals surface area (Å²) in [4.78, 5) is 0. The van der Waals surface area contributed by atoms with Gasteiger partial charge in [-0.25, -0.2) is 0 Å². The fourth-order valence-electron chi connectivity index (χ4n) is 2.77. The maximum atomic E-state index is 4.98. The first-order chi connectivity index (χ1) is 17.0. The standard InChI is InChI=1S/C14H20.C9H12.C5H12O.3C2H6/c1-4-5-6-8-13-9-7-10-14(11-13)12(2)3;1-8(2)9-6-4-3-5-7-9;1-3-5-6-4-2;3*1-2/h5-6,8,11H,2,4,7,9-10H2,1,3H3;3-8H,1-2H3;3-5H2,1-2H3;3*1-2H3/b6-5-,13-8+;;;;;. The van der Waals surface area contributed by atoms with Gasteiger partial charge in [-0.2, -0.15) is 0 Å². The van der Waals surface area contributed by atoms with Gasteiger partial charge in [0.1, 0.15) is 0 Å². The van der Waals surface area contributed by atoms with Gasteiger partial charge in [0.25, 0.3) is 0 Å². The first-order valence-electron chi connectivity index (χ1n) is 14.3. The Hall–Kier alpha value is -1.86. The van der Waals surface area contributed by atoms with Crippen LogP contribution in [-0.4, -0.2) is 13.2 Å². The van der Waals surface area contributed by atoms with Crippen LogP contribution in [0.25, 0.3) is 0 Å². The van der Waals surface area contributed by atoms with Crippen LogP contribution in [0.15, 0.2) is 77.9 Å². The number of hydrogen-bond donors (Lipinski definition) is 0. The molecule has 35 heavy (non-hydrogen) atoms. The van der Waals surface area contributed by atoms with Crippen LogP contribution in [0, 0.1) is 0 Å². The zero-order valence-corrected chi connectivity index (χ0v) is 25.8. The van der Waals surface area contributed by atoms with Gasteiger partial charge in [0.05, 0.1) is 0 Å². The third-order valence-corrected chi connectivity index (χ3v) is 4.52. The number of benzene rings is 1. The average molecular weight is 487 g/mol. The summed E-state index contributed by atoms with van der Waals surface area (Å²) in [6, 6.07) is 10.5. The lowest BCUT2D eigenvalue weighted by Gasteiger charge is -2.14. The van der Waals surface area contributed by atoms with Crippen molar-refractivity contribution in [3.8, 4) is 0 Å². The molecule has 0 unspecified atom stereocenters. The molecule has 1 nitrogen and oxygen atoms in total. The van der Waals surface area contributed by atoms with Gasteiger partial charge in [0, 0.05) is 13.2 Å². The normalized spacial score (nSPS) is 12.7. The first kappa shape index (κ1) is 40.3. The second-order valence-corrected chi connectivity index (χ2v) is 7.64. The van der Waals surface area contributed by atoms with Gasteiger partial charge < -0.3 is 4.74 Å². The fourth-order valence-corrected chi connectivity index (χ4v) is 2.77. The number of rotatable bonds is 7. The largest absolute Gasteiger partial charge is 0.382 e. The molecule has 0 atom stereocenters. The summed E-state index contributed by atoms with van der Waals surface area (Å²) >= 11 is 0. The van der Waals surface area contributed by atoms with E-state index in [0.29, 0.717) is 5.92 Å². The lowest BCUT2D eigenvalue weighted by atomic mass is 9.91. The number of hydrogen-bond acceptors (Lipinski definition) is 1. The van der Waals surface area contributed by atoms with Crippen LogP contribution in [-0.2, 0) is 4.74 Å². The minimum absolute atomic E-state index is 0.659. The van der Waals surface area contributed by atoms with Gasteiger partial charge in [-0.05, 0) is 68.6 Å². The summed E-state index contributed by atoms with van der Waals surface area (Å²) in [6.45, 7) is 30.5. The molecule has 0 bridgehead atoms. The third-order valence-electron chi connectivity index (χ3n) is 4.52. The predicted octanol–water partition coefficient (Wildman–Crippen LogP) is 11.9. The highest BCUT2D eigenvalue weighted by Crippen LogP contribution is 2.26. The minimum atomic E-state index is 0.659. The van der Waals surface area contributed by atoms with E-state index in [1.807, 2.05) is 54.5 Å². The highest BCUT2D eigenvalue weighted by atomic mass is 16.5. The lowest BCUT2D eigenvalue weighted by molar-refractivity contribution is 0.148. The Morgan fingerprint density at radius 2 is 1.51 bits per heavy atom. The lowest BCUT2D eigenvalue weighted by Crippen LogP contribution is -1.95. The van der Waals surface area contributed by atoms with Gasteiger partial charge in [0.15, 0.2) is 0 Å². The molecule has 0 spiro atoms. The van der Waals surface area contributed by atoms with Crippen molar-refractivity contribution in [2.75, 3.05) is 13.2 Å². The Morgan fingerprint density at radius 3 is 1.89 bits per heavy atom. The Bertz CT molecular complexity index is 613. The highest BCUT2D eigenvalue weighted by molar-refractivity contribution is 5.38. The molecule has 1 heteroatoms. The summed E-state index contributed by atoms with van der Waals surface area (Å²) in [5.41, 5.74) is 5.50. The molecule has 2 rings (SSSR count). The fraction of sp³-hybridized carbons (Fsp3) is 0.588. The van der Waals surface area contributed by atoms with E-state index in [4.69, 9.17) is 4.74 Å². The average Bonchev–Trinajstić information content (AvgIpc) is 2.92. The molecule has 1 aromatic carbocycles. The van der Waals surface area contributed by atoms with E-state index in [1.165, 1.54) is 41.5 Å². The molecule has 0 heterocycles. The Labute approximate surface area is 222 Å². The van der Waals surface area contributed by atoms with Crippen molar-refractivity contribution < 1.29 is 4.74 Å². The van der Waals surface area contributed by atoms with Crippen LogP contribution in [0.1, 0.15) is 127 Å². The second kappa shape index (κ2) is 34.3. The first-order valence-corrected chi connectivity index (χ1v) is 14.3. The molecule has 0 saturated heterocycles. The van der Waals surface area contributed by atoms with Gasteiger partial charge in [-0.3, -0.25) is 0 Å². The van der Waals surface area contributed by atoms with Crippen LogP contribution in [0.3, 0.4) is 0 Å². The molecule has 0 radical (unpaired) electrons. The van der Waals surface area contributed by atoms with Crippen LogP contribution in [0.5, 0.6) is 0 Å². The smallest absolute Gasteiger partial charge is 0.0463 e. The van der Waals surface area contributed by atoms with Crippen molar-refractivity contribution in [3.05, 3.63) is 83.5 Å². The molecule has 1 aromatic rings. The highest BCUT2D eigenvalue weighted by Gasteiger charge is 2.06. The Balaban J connectivity index is -0.000000198. The molecule has 204 valence electrons. The molecule has 0 saturated carbocycles. The second-order valence-electron chi connectivity index (χ2n) is 7.64. The van der Waals surface area contributed by atoms with E-state index in [-0.39, 0.29) is 0 Å². The summed E-state index contributed by atoms with van der Waals surface area (Å²) in [7, 11) is 0. The van der Waals surface area contributed by atoms with Crippen molar-refractivity contribution in [2.45, 2.75) is 121 Å². The summed E-state index contributed by atoms with van der Waals surface area (Å²) in [5.74, 6) is 0.659. The van der Waals surface area contributed by atoms with E-state index in [9.17, 15) is 0 Å². The van der Waals surface area contributed by atoms with Gasteiger partial charge >= 0.3 is 0 Å². The third kappa shape index (κ3) is 28.3. The van der Waals surface area contributed by atoms with E-state index < -0.39 is 0 Å². The maximum absolute atomic E-state index is 4.98. The van der Waals surface area contributed by atoms with Crippen molar-refractivity contribution in [2.24, 2.45) is 0 Å². The molecular weight excluding hydrogens is 424 g/mol. The van der Waals surface area contributed by atoms with Gasteiger partial charge in [0.2, 0.25) is 0 Å². The van der Waals surface area contributed by atoms with Crippen LogP contribution in [0.4, 0.5) is 0 Å². The van der Waals surface area contributed by atoms with Crippen molar-refractivity contribution in [1.29, 1.82) is 0 Å². The van der Waals surface area contributed by atoms with Crippen molar-refractivity contribution in [1.82, 2.24) is 0 Å². The molecule has 1 aliphatic carbocycles. The zero-order chi connectivity index (χ0) is 27.9. The Kier molecular flexibility index (Phi) is 39.5. The van der Waals surface area contributed by atoms with E-state index in [2.05, 4.69) is 89.8 Å². The molecule has 0 N–H and O–H groups in total. The van der Waals surface area contributed by atoms with E-state index in [0.717, 1.165) is 26.1 Å². The number of allylic oxidation sites excluding steroid dienone is 7. The van der Waals surface area contributed by atoms with E-state index >= 15 is 0 Å².